The minimum atomic E-state index is -0.397. The third-order valence-electron chi connectivity index (χ3n) is 4.08. The summed E-state index contributed by atoms with van der Waals surface area (Å²) in [7, 11) is 0. The van der Waals surface area contributed by atoms with Gasteiger partial charge in [0, 0.05) is 17.5 Å². The number of fused-ring (bicyclic) bond motifs is 1. The minimum Gasteiger partial charge on any atom is -0.484 e. The maximum absolute atomic E-state index is 12.1. The van der Waals surface area contributed by atoms with E-state index < -0.39 is 5.97 Å². The van der Waals surface area contributed by atoms with Gasteiger partial charge in [-0.1, -0.05) is 0 Å². The molecule has 2 heterocycles. The second-order valence-electron chi connectivity index (χ2n) is 6.20. The van der Waals surface area contributed by atoms with Crippen LogP contribution in [0.2, 0.25) is 0 Å². The molecule has 0 spiro atoms. The first kappa shape index (κ1) is 20.5. The number of nitrogens with two attached hydrogens (primary N) is 1. The Bertz CT molecular complexity index is 1060. The molecule has 3 rings (SSSR count). The Balaban J connectivity index is 1.95. The van der Waals surface area contributed by atoms with Crippen molar-refractivity contribution in [1.29, 1.82) is 0 Å². The summed E-state index contributed by atoms with van der Waals surface area (Å²) in [6.07, 6.45) is 0. The lowest BCUT2D eigenvalue weighted by Crippen LogP contribution is -2.28. The maximum Gasteiger partial charge on any atom is 0.348 e. The highest BCUT2D eigenvalue weighted by atomic mass is 32.1. The van der Waals surface area contributed by atoms with E-state index in [1.54, 1.807) is 19.1 Å². The monoisotopic (exact) mass is 414 g/mol. The lowest BCUT2D eigenvalue weighted by molar-refractivity contribution is -0.122. The number of rotatable bonds is 7. The standard InChI is InChI=1S/C20H22N4O4S/c1-4-22-16(25)10-28-12-6-7-13(11(3)8-12)17-14-9-15(19(26)27-5-2)29-18(14)24-20(21)23-17/h6-9H,4-5,10H2,1-3H3,(H,22,25)(H2,21,23,24). The van der Waals surface area contributed by atoms with Crippen molar-refractivity contribution in [2.45, 2.75) is 20.8 Å². The van der Waals surface area contributed by atoms with E-state index in [-0.39, 0.29) is 18.5 Å². The van der Waals surface area contributed by atoms with E-state index in [2.05, 4.69) is 15.3 Å². The van der Waals surface area contributed by atoms with Gasteiger partial charge in [-0.15, -0.1) is 11.3 Å². The number of ether oxygens (including phenoxy) is 2. The number of nitrogen functional groups attached to an aromatic ring is 1. The fourth-order valence-electron chi connectivity index (χ4n) is 2.83. The summed E-state index contributed by atoms with van der Waals surface area (Å²) in [5.74, 6) is 0.129. The van der Waals surface area contributed by atoms with E-state index in [1.165, 1.54) is 11.3 Å². The van der Waals surface area contributed by atoms with Gasteiger partial charge in [-0.3, -0.25) is 4.79 Å². The zero-order chi connectivity index (χ0) is 21.0. The summed E-state index contributed by atoms with van der Waals surface area (Å²) in [4.78, 5) is 33.4. The molecule has 3 N–H and O–H groups in total. The zero-order valence-corrected chi connectivity index (χ0v) is 17.3. The molecule has 0 saturated carbocycles. The number of anilines is 1. The van der Waals surface area contributed by atoms with Crippen LogP contribution in [0.1, 0.15) is 29.1 Å². The average molecular weight is 414 g/mol. The van der Waals surface area contributed by atoms with Crippen molar-refractivity contribution in [3.05, 3.63) is 34.7 Å². The maximum atomic E-state index is 12.1. The van der Waals surface area contributed by atoms with Gasteiger partial charge < -0.3 is 20.5 Å². The number of nitrogens with zero attached hydrogens (tertiary/aromatic N) is 2. The van der Waals surface area contributed by atoms with Crippen LogP contribution in [0.3, 0.4) is 0 Å². The Hall–Kier alpha value is -3.20. The molecule has 0 radical (unpaired) electrons. The first-order chi connectivity index (χ1) is 13.9. The lowest BCUT2D eigenvalue weighted by Gasteiger charge is -2.11. The first-order valence-electron chi connectivity index (χ1n) is 9.17. The van der Waals surface area contributed by atoms with Crippen LogP contribution in [-0.4, -0.2) is 41.6 Å². The van der Waals surface area contributed by atoms with Crippen molar-refractivity contribution >= 4 is 39.4 Å². The summed E-state index contributed by atoms with van der Waals surface area (Å²) in [6.45, 7) is 6.32. The fourth-order valence-corrected chi connectivity index (χ4v) is 3.77. The van der Waals surface area contributed by atoms with Gasteiger partial charge >= 0.3 is 5.97 Å². The number of aryl methyl sites for hydroxylation is 1. The molecule has 0 bridgehead atoms. The van der Waals surface area contributed by atoms with Crippen LogP contribution in [0.25, 0.3) is 21.5 Å². The van der Waals surface area contributed by atoms with Crippen LogP contribution in [0, 0.1) is 6.92 Å². The lowest BCUT2D eigenvalue weighted by atomic mass is 10.0. The number of amides is 1. The predicted octanol–water partition coefficient (Wildman–Crippen LogP) is 2.94. The SMILES string of the molecule is CCNC(=O)COc1ccc(-c2nc(N)nc3sc(C(=O)OCC)cc23)c(C)c1. The van der Waals surface area contributed by atoms with Gasteiger partial charge in [0.1, 0.15) is 15.5 Å². The van der Waals surface area contributed by atoms with Crippen molar-refractivity contribution in [3.8, 4) is 17.0 Å². The summed E-state index contributed by atoms with van der Waals surface area (Å²) in [5, 5.41) is 3.41. The van der Waals surface area contributed by atoms with Crippen LogP contribution in [0.15, 0.2) is 24.3 Å². The molecular weight excluding hydrogens is 392 g/mol. The molecule has 0 saturated heterocycles. The first-order valence-corrected chi connectivity index (χ1v) is 9.99. The number of hydrogen-bond acceptors (Lipinski definition) is 8. The van der Waals surface area contributed by atoms with Crippen LogP contribution in [0.4, 0.5) is 5.95 Å². The average Bonchev–Trinajstić information content (AvgIpc) is 3.10. The van der Waals surface area contributed by atoms with Gasteiger partial charge in [-0.25, -0.2) is 14.8 Å². The largest absolute Gasteiger partial charge is 0.484 e. The second kappa shape index (κ2) is 8.87. The Morgan fingerprint density at radius 1 is 1.21 bits per heavy atom. The number of carbonyl (C=O) groups is 2. The number of likely N-dealkylation sites (N-methyl/N-ethyl adjacent to an activating group) is 1. The summed E-state index contributed by atoms with van der Waals surface area (Å²) < 4.78 is 10.6. The second-order valence-corrected chi connectivity index (χ2v) is 7.23. The van der Waals surface area contributed by atoms with Crippen molar-refractivity contribution in [1.82, 2.24) is 15.3 Å². The van der Waals surface area contributed by atoms with Gasteiger partial charge in [-0.05, 0) is 50.6 Å². The zero-order valence-electron chi connectivity index (χ0n) is 16.4. The molecular formula is C20H22N4O4S. The third kappa shape index (κ3) is 4.62. The highest BCUT2D eigenvalue weighted by Gasteiger charge is 2.18. The number of carbonyl (C=O) groups excluding carboxylic acids is 2. The Morgan fingerprint density at radius 2 is 2.00 bits per heavy atom. The molecule has 0 aliphatic carbocycles. The quantitative estimate of drug-likeness (QED) is 0.571. The molecule has 0 aliphatic heterocycles. The molecule has 0 unspecified atom stereocenters. The van der Waals surface area contributed by atoms with E-state index in [9.17, 15) is 9.59 Å². The summed E-state index contributed by atoms with van der Waals surface area (Å²) in [6, 6.07) is 7.18. The molecule has 0 fully saturated rings. The molecule has 0 atom stereocenters. The molecule has 152 valence electrons. The molecule has 9 heteroatoms. The molecule has 8 nitrogen and oxygen atoms in total. The van der Waals surface area contributed by atoms with E-state index in [0.29, 0.717) is 34.3 Å². The van der Waals surface area contributed by atoms with Crippen molar-refractivity contribution in [2.24, 2.45) is 0 Å². The number of hydrogen-bond donors (Lipinski definition) is 2. The van der Waals surface area contributed by atoms with E-state index >= 15 is 0 Å². The van der Waals surface area contributed by atoms with Crippen LogP contribution in [0.5, 0.6) is 5.75 Å². The molecule has 3 aromatic rings. The molecule has 0 aliphatic rings. The van der Waals surface area contributed by atoms with Gasteiger partial charge in [0.15, 0.2) is 6.61 Å². The predicted molar refractivity (Wildman–Crippen MR) is 112 cm³/mol. The van der Waals surface area contributed by atoms with Crippen LogP contribution < -0.4 is 15.8 Å². The van der Waals surface area contributed by atoms with Gasteiger partial charge in [0.25, 0.3) is 5.91 Å². The molecule has 1 amide bonds. The highest BCUT2D eigenvalue weighted by Crippen LogP contribution is 2.35. The van der Waals surface area contributed by atoms with Gasteiger partial charge in [0.05, 0.1) is 12.3 Å². The Kier molecular flexibility index (Phi) is 6.28. The number of aromatic nitrogens is 2. The van der Waals surface area contributed by atoms with E-state index in [1.807, 2.05) is 26.0 Å². The summed E-state index contributed by atoms with van der Waals surface area (Å²) >= 11 is 1.22. The van der Waals surface area contributed by atoms with Crippen molar-refractivity contribution in [3.63, 3.8) is 0 Å². The normalized spacial score (nSPS) is 10.7. The van der Waals surface area contributed by atoms with Crippen molar-refractivity contribution < 1.29 is 19.1 Å². The summed E-state index contributed by atoms with van der Waals surface area (Å²) in [5.41, 5.74) is 8.25. The molecule has 2 aromatic heterocycles. The Morgan fingerprint density at radius 3 is 2.69 bits per heavy atom. The molecule has 1 aromatic carbocycles. The van der Waals surface area contributed by atoms with Crippen LogP contribution in [-0.2, 0) is 9.53 Å². The van der Waals surface area contributed by atoms with Gasteiger partial charge in [0.2, 0.25) is 5.95 Å². The Labute approximate surface area is 172 Å². The van der Waals surface area contributed by atoms with Gasteiger partial charge in [-0.2, -0.15) is 0 Å². The fraction of sp³-hybridized carbons (Fsp3) is 0.300. The molecule has 29 heavy (non-hydrogen) atoms. The number of thiophene rings is 1. The van der Waals surface area contributed by atoms with Crippen LogP contribution >= 0.6 is 11.3 Å². The number of benzene rings is 1. The topological polar surface area (TPSA) is 116 Å². The van der Waals surface area contributed by atoms with E-state index in [0.717, 1.165) is 16.5 Å². The highest BCUT2D eigenvalue weighted by molar-refractivity contribution is 7.20. The van der Waals surface area contributed by atoms with Crippen molar-refractivity contribution in [2.75, 3.05) is 25.5 Å². The number of esters is 1. The van der Waals surface area contributed by atoms with E-state index in [4.69, 9.17) is 15.2 Å². The number of nitrogens with one attached hydrogen (secondary N) is 1. The smallest absolute Gasteiger partial charge is 0.348 e. The third-order valence-corrected chi connectivity index (χ3v) is 5.09. The minimum absolute atomic E-state index is 0.0508.